The number of hydrogen-bond donors (Lipinski definition) is 0. The summed E-state index contributed by atoms with van der Waals surface area (Å²) >= 11 is 3.91. The van der Waals surface area contributed by atoms with E-state index in [2.05, 4.69) is 0 Å². The third-order valence-electron chi connectivity index (χ3n) is 2.80. The van der Waals surface area contributed by atoms with E-state index < -0.39 is 13.5 Å². The molecule has 0 spiro atoms. The Kier molecular flexibility index (Phi) is 6.07. The van der Waals surface area contributed by atoms with Gasteiger partial charge in [-0.3, -0.25) is 0 Å². The van der Waals surface area contributed by atoms with Crippen molar-refractivity contribution in [2.45, 2.75) is 0 Å². The van der Waals surface area contributed by atoms with Gasteiger partial charge in [-0.05, 0) is 0 Å². The molecule has 0 unspecified atom stereocenters. The van der Waals surface area contributed by atoms with Crippen LogP contribution >= 0.6 is 31.0 Å². The zero-order valence-corrected chi connectivity index (χ0v) is 15.0. The summed E-state index contributed by atoms with van der Waals surface area (Å²) in [7, 11) is 13.7. The van der Waals surface area contributed by atoms with E-state index in [1.54, 1.807) is 22.8 Å². The Morgan fingerprint density at radius 1 is 1.05 bits per heavy atom. The molecule has 0 N–H and O–H groups in total. The topological polar surface area (TPSA) is 3.01 Å². The van der Waals surface area contributed by atoms with Crippen molar-refractivity contribution in [1.82, 2.24) is 0 Å². The Morgan fingerprint density at radius 3 is 2.33 bits per heavy atom. The summed E-state index contributed by atoms with van der Waals surface area (Å²) in [6, 6.07) is 11.9. The Bertz CT molecular complexity index is 707. The van der Waals surface area contributed by atoms with E-state index in [1.807, 2.05) is 30.0 Å². The van der Waals surface area contributed by atoms with Crippen molar-refractivity contribution in [3.8, 4) is 0 Å². The second-order valence-electron chi connectivity index (χ2n) is 4.30. The number of nitrogens with zero attached hydrogens (tertiary/aromatic N) is 1. The van der Waals surface area contributed by atoms with E-state index >= 15 is 0 Å². The quantitative estimate of drug-likeness (QED) is 0.367. The van der Waals surface area contributed by atoms with Crippen molar-refractivity contribution in [1.29, 1.82) is 0 Å². The van der Waals surface area contributed by atoms with Crippen molar-refractivity contribution in [2.75, 3.05) is 7.05 Å². The molecule has 0 aliphatic heterocycles. The van der Waals surface area contributed by atoms with E-state index in [1.165, 1.54) is 12.1 Å². The first-order valence-electron chi connectivity index (χ1n) is 5.92. The SMILES string of the molecule is C[N+](=Cc1cc(F)ccc1[CH]=[Ru]([Cl])[Cl])c1ccc(Cl)cc1. The third kappa shape index (κ3) is 4.97. The summed E-state index contributed by atoms with van der Waals surface area (Å²) in [5.41, 5.74) is 2.51. The van der Waals surface area contributed by atoms with Crippen LogP contribution < -0.4 is 0 Å². The summed E-state index contributed by atoms with van der Waals surface area (Å²) in [5.74, 6) is -0.300. The van der Waals surface area contributed by atoms with Crippen LogP contribution in [-0.2, 0) is 13.5 Å². The van der Waals surface area contributed by atoms with Gasteiger partial charge in [0.1, 0.15) is 0 Å². The number of benzene rings is 2. The fourth-order valence-electron chi connectivity index (χ4n) is 1.79. The van der Waals surface area contributed by atoms with Gasteiger partial charge in [0.05, 0.1) is 0 Å². The zero-order chi connectivity index (χ0) is 15.4. The molecule has 0 aliphatic rings. The first-order chi connectivity index (χ1) is 9.95. The minimum absolute atomic E-state index is 0.300. The van der Waals surface area contributed by atoms with Crippen molar-refractivity contribution < 1.29 is 22.5 Å². The van der Waals surface area contributed by atoms with Crippen molar-refractivity contribution in [3.05, 3.63) is 64.4 Å². The molecule has 0 saturated carbocycles. The summed E-state index contributed by atoms with van der Waals surface area (Å²) in [6.45, 7) is 0. The van der Waals surface area contributed by atoms with Crippen LogP contribution in [0.2, 0.25) is 5.02 Å². The molecule has 0 fully saturated rings. The molecule has 2 aromatic carbocycles. The van der Waals surface area contributed by atoms with Gasteiger partial charge in [-0.15, -0.1) is 0 Å². The Labute approximate surface area is 141 Å². The van der Waals surface area contributed by atoms with Gasteiger partial charge >= 0.3 is 141 Å². The average molecular weight is 433 g/mol. The Hall–Kier alpha value is -0.597. The van der Waals surface area contributed by atoms with Crippen LogP contribution in [0.25, 0.3) is 0 Å². The van der Waals surface area contributed by atoms with E-state index in [4.69, 9.17) is 31.0 Å². The standard InChI is InChI=1S/C15H12ClFN.2ClH.Ru/c1-11-3-6-14(17)9-12(11)10-18(2)15-7-4-13(16)5-8-15;;;/h1,3-10H,2H3;2*1H;/q+1;;;+2/p-2. The molecule has 0 aromatic heterocycles. The van der Waals surface area contributed by atoms with Crippen molar-refractivity contribution in [2.24, 2.45) is 0 Å². The van der Waals surface area contributed by atoms with Crippen molar-refractivity contribution in [3.63, 3.8) is 0 Å². The molecule has 0 bridgehead atoms. The molecule has 112 valence electrons. The van der Waals surface area contributed by atoms with Gasteiger partial charge in [0, 0.05) is 0 Å². The van der Waals surface area contributed by atoms with Crippen LogP contribution in [0, 0.1) is 5.82 Å². The van der Waals surface area contributed by atoms with Crippen molar-refractivity contribution >= 4 is 47.5 Å². The Balaban J connectivity index is 2.45. The molecule has 2 aromatic rings. The van der Waals surface area contributed by atoms with Crippen LogP contribution in [0.15, 0.2) is 42.5 Å². The number of halogens is 4. The molecule has 0 aliphatic carbocycles. The molecule has 0 heterocycles. The molecule has 2 rings (SSSR count). The van der Waals surface area contributed by atoms with Gasteiger partial charge in [-0.25, -0.2) is 0 Å². The Morgan fingerprint density at radius 2 is 1.71 bits per heavy atom. The molecule has 0 amide bonds. The van der Waals surface area contributed by atoms with Crippen LogP contribution in [0.4, 0.5) is 10.1 Å². The van der Waals surface area contributed by atoms with Gasteiger partial charge < -0.3 is 0 Å². The fraction of sp³-hybridized carbons (Fsp3) is 0.0667. The fourth-order valence-corrected chi connectivity index (χ4v) is 3.77. The summed E-state index contributed by atoms with van der Waals surface area (Å²) in [5, 5.41) is 0.672. The second kappa shape index (κ2) is 7.60. The summed E-state index contributed by atoms with van der Waals surface area (Å²) in [4.78, 5) is 0. The van der Waals surface area contributed by atoms with E-state index in [9.17, 15) is 4.39 Å². The van der Waals surface area contributed by atoms with Gasteiger partial charge in [0.25, 0.3) is 0 Å². The normalized spacial score (nSPS) is 12.2. The molecule has 0 radical (unpaired) electrons. The van der Waals surface area contributed by atoms with E-state index in [-0.39, 0.29) is 5.82 Å². The first kappa shape index (κ1) is 16.8. The van der Waals surface area contributed by atoms with Gasteiger partial charge in [0.2, 0.25) is 0 Å². The molecule has 6 heteroatoms. The van der Waals surface area contributed by atoms with Gasteiger partial charge in [-0.1, -0.05) is 0 Å². The van der Waals surface area contributed by atoms with Crippen LogP contribution in [0.5, 0.6) is 0 Å². The zero-order valence-electron chi connectivity index (χ0n) is 11.0. The van der Waals surface area contributed by atoms with E-state index in [0.29, 0.717) is 5.02 Å². The second-order valence-corrected chi connectivity index (χ2v) is 10.5. The van der Waals surface area contributed by atoms with Gasteiger partial charge in [-0.2, -0.15) is 0 Å². The maximum atomic E-state index is 13.5. The number of rotatable bonds is 3. The number of hydrogen-bond acceptors (Lipinski definition) is 0. The maximum absolute atomic E-state index is 13.5. The molecule has 0 saturated heterocycles. The van der Waals surface area contributed by atoms with Crippen LogP contribution in [-0.4, -0.2) is 22.4 Å². The average Bonchev–Trinajstić information content (AvgIpc) is 2.42. The molecular weight excluding hydrogens is 421 g/mol. The third-order valence-corrected chi connectivity index (χ3v) is 4.89. The summed E-state index contributed by atoms with van der Waals surface area (Å²) < 4.78 is 17.2. The van der Waals surface area contributed by atoms with E-state index in [0.717, 1.165) is 16.8 Å². The van der Waals surface area contributed by atoms with Gasteiger partial charge in [0.15, 0.2) is 0 Å². The molecule has 21 heavy (non-hydrogen) atoms. The first-order valence-corrected chi connectivity index (χ1v) is 11.8. The predicted octanol–water partition coefficient (Wildman–Crippen LogP) is 4.95. The summed E-state index contributed by atoms with van der Waals surface area (Å²) in [6.07, 6.45) is 1.84. The minimum atomic E-state index is -1.97. The molecule has 0 atom stereocenters. The van der Waals surface area contributed by atoms with Crippen LogP contribution in [0.1, 0.15) is 11.1 Å². The van der Waals surface area contributed by atoms with Crippen LogP contribution in [0.3, 0.4) is 0 Å². The molecular formula is C15H12Cl3FNRu+. The molecule has 1 nitrogen and oxygen atoms in total. The predicted molar refractivity (Wildman–Crippen MR) is 85.7 cm³/mol. The monoisotopic (exact) mass is 432 g/mol.